The van der Waals surface area contributed by atoms with Gasteiger partial charge in [-0.2, -0.15) is 0 Å². The van der Waals surface area contributed by atoms with Gasteiger partial charge in [0.25, 0.3) is 0 Å². The second-order valence-corrected chi connectivity index (χ2v) is 6.84. The predicted molar refractivity (Wildman–Crippen MR) is 116 cm³/mol. The quantitative estimate of drug-likeness (QED) is 0.634. The summed E-state index contributed by atoms with van der Waals surface area (Å²) in [7, 11) is 0. The monoisotopic (exact) mass is 408 g/mol. The first-order chi connectivity index (χ1) is 14.3. The summed E-state index contributed by atoms with van der Waals surface area (Å²) < 4.78 is 11.6. The molecule has 1 aromatic heterocycles. The molecule has 1 aliphatic rings. The van der Waals surface area contributed by atoms with Crippen molar-refractivity contribution in [3.05, 3.63) is 77.1 Å². The first kappa shape index (κ1) is 19.2. The topological polar surface area (TPSA) is 73.0 Å². The maximum atomic E-state index is 6.49. The van der Waals surface area contributed by atoms with E-state index < -0.39 is 0 Å². The molecule has 7 heteroatoms. The van der Waals surface area contributed by atoms with Crippen LogP contribution in [0.5, 0.6) is 11.5 Å². The zero-order valence-electron chi connectivity index (χ0n) is 15.8. The Morgan fingerprint density at radius 2 is 1.97 bits per heavy atom. The molecule has 0 saturated carbocycles. The van der Waals surface area contributed by atoms with Gasteiger partial charge in [0.05, 0.1) is 22.0 Å². The van der Waals surface area contributed by atoms with Gasteiger partial charge in [0.15, 0.2) is 0 Å². The van der Waals surface area contributed by atoms with Crippen LogP contribution in [-0.2, 0) is 6.61 Å². The molecule has 6 nitrogen and oxygen atoms in total. The zero-order chi connectivity index (χ0) is 20.1. The van der Waals surface area contributed by atoms with E-state index >= 15 is 0 Å². The number of aromatic nitrogens is 1. The molecule has 0 saturated heterocycles. The van der Waals surface area contributed by atoms with Crippen molar-refractivity contribution >= 4 is 29.2 Å². The SMILES string of the molecule is NCCOc1cccc2c1C=NCN2c1ccc(OCc2ccccn2)c(Cl)c1. The van der Waals surface area contributed by atoms with Crippen LogP contribution in [0.1, 0.15) is 11.3 Å². The molecule has 2 heterocycles. The minimum atomic E-state index is 0.360. The van der Waals surface area contributed by atoms with Crippen LogP contribution in [0.2, 0.25) is 5.02 Å². The number of hydrogen-bond acceptors (Lipinski definition) is 6. The summed E-state index contributed by atoms with van der Waals surface area (Å²) in [6.07, 6.45) is 3.58. The molecule has 1 aliphatic heterocycles. The summed E-state index contributed by atoms with van der Waals surface area (Å²) in [5.74, 6) is 1.38. The number of rotatable bonds is 7. The number of benzene rings is 2. The van der Waals surface area contributed by atoms with Gasteiger partial charge in [0.2, 0.25) is 0 Å². The molecule has 0 amide bonds. The lowest BCUT2D eigenvalue weighted by molar-refractivity contribution is 0.301. The zero-order valence-corrected chi connectivity index (χ0v) is 16.5. The fourth-order valence-electron chi connectivity index (χ4n) is 3.11. The van der Waals surface area contributed by atoms with Crippen molar-refractivity contribution in [1.29, 1.82) is 0 Å². The van der Waals surface area contributed by atoms with E-state index in [4.69, 9.17) is 26.8 Å². The van der Waals surface area contributed by atoms with E-state index in [0.717, 1.165) is 28.4 Å². The summed E-state index contributed by atoms with van der Waals surface area (Å²) in [6.45, 7) is 1.77. The van der Waals surface area contributed by atoms with Crippen LogP contribution < -0.4 is 20.1 Å². The van der Waals surface area contributed by atoms with E-state index in [1.54, 1.807) is 6.20 Å². The van der Waals surface area contributed by atoms with Crippen LogP contribution in [0.25, 0.3) is 0 Å². The molecule has 2 N–H and O–H groups in total. The fraction of sp³-hybridized carbons (Fsp3) is 0.182. The van der Waals surface area contributed by atoms with E-state index in [2.05, 4.69) is 14.9 Å². The summed E-state index contributed by atoms with van der Waals surface area (Å²) in [5.41, 5.74) is 9.27. The smallest absolute Gasteiger partial charge is 0.138 e. The van der Waals surface area contributed by atoms with Crippen LogP contribution in [0.15, 0.2) is 65.8 Å². The lowest BCUT2D eigenvalue weighted by atomic mass is 10.1. The normalized spacial score (nSPS) is 12.6. The number of pyridine rings is 1. The molecule has 3 aromatic rings. The van der Waals surface area contributed by atoms with Crippen LogP contribution in [-0.4, -0.2) is 31.0 Å². The molecule has 0 fully saturated rings. The molecule has 0 radical (unpaired) electrons. The number of halogens is 1. The van der Waals surface area contributed by atoms with Crippen molar-refractivity contribution in [2.45, 2.75) is 6.61 Å². The van der Waals surface area contributed by atoms with Crippen molar-refractivity contribution in [1.82, 2.24) is 4.98 Å². The first-order valence-corrected chi connectivity index (χ1v) is 9.69. The average Bonchev–Trinajstić information content (AvgIpc) is 2.77. The minimum absolute atomic E-state index is 0.360. The molecule has 0 bridgehead atoms. The highest BCUT2D eigenvalue weighted by atomic mass is 35.5. The van der Waals surface area contributed by atoms with Crippen molar-refractivity contribution in [2.75, 3.05) is 24.7 Å². The lowest BCUT2D eigenvalue weighted by Crippen LogP contribution is -2.22. The first-order valence-electron chi connectivity index (χ1n) is 9.32. The second kappa shape index (κ2) is 8.94. The van der Waals surface area contributed by atoms with Crippen molar-refractivity contribution in [3.8, 4) is 11.5 Å². The number of nitrogens with zero attached hydrogens (tertiary/aromatic N) is 3. The number of aliphatic imine (C=N–C) groups is 1. The Morgan fingerprint density at radius 3 is 2.76 bits per heavy atom. The number of fused-ring (bicyclic) bond motifs is 1. The minimum Gasteiger partial charge on any atom is -0.492 e. The van der Waals surface area contributed by atoms with Gasteiger partial charge in [-0.05, 0) is 42.5 Å². The maximum absolute atomic E-state index is 6.49. The van der Waals surface area contributed by atoms with E-state index in [1.165, 1.54) is 0 Å². The van der Waals surface area contributed by atoms with Crippen LogP contribution in [0.4, 0.5) is 11.4 Å². The third-order valence-corrected chi connectivity index (χ3v) is 4.78. The number of nitrogens with two attached hydrogens (primary N) is 1. The van der Waals surface area contributed by atoms with Crippen molar-refractivity contribution in [2.24, 2.45) is 10.7 Å². The summed E-state index contributed by atoms with van der Waals surface area (Å²) in [5, 5.41) is 0.532. The van der Waals surface area contributed by atoms with Gasteiger partial charge in [0, 0.05) is 24.6 Å². The Labute approximate surface area is 174 Å². The molecule has 0 atom stereocenters. The van der Waals surface area contributed by atoms with Gasteiger partial charge in [-0.25, -0.2) is 0 Å². The van der Waals surface area contributed by atoms with E-state index in [-0.39, 0.29) is 0 Å². The maximum Gasteiger partial charge on any atom is 0.138 e. The largest absolute Gasteiger partial charge is 0.492 e. The highest BCUT2D eigenvalue weighted by Gasteiger charge is 2.20. The summed E-state index contributed by atoms with van der Waals surface area (Å²) in [6, 6.07) is 17.4. The fourth-order valence-corrected chi connectivity index (χ4v) is 3.34. The molecular formula is C22H21ClN4O2. The van der Waals surface area contributed by atoms with Gasteiger partial charge in [-0.3, -0.25) is 9.98 Å². The Hall–Kier alpha value is -3.09. The highest BCUT2D eigenvalue weighted by molar-refractivity contribution is 6.32. The average molecular weight is 409 g/mol. The summed E-state index contributed by atoms with van der Waals surface area (Å²) in [4.78, 5) is 10.8. The molecule has 2 aromatic carbocycles. The van der Waals surface area contributed by atoms with E-state index in [9.17, 15) is 0 Å². The Bertz CT molecular complexity index is 1010. The third kappa shape index (κ3) is 4.34. The second-order valence-electron chi connectivity index (χ2n) is 6.43. The standard InChI is InChI=1S/C22H21ClN4O2/c23-19-12-17(7-8-22(19)29-14-16-4-1-2-10-26-16)27-15-25-13-18-20(27)5-3-6-21(18)28-11-9-24/h1-8,10,12-13H,9,11,14-15,24H2. The van der Waals surface area contributed by atoms with Gasteiger partial charge < -0.3 is 20.1 Å². The Balaban J connectivity index is 1.55. The lowest BCUT2D eigenvalue weighted by Gasteiger charge is -2.29. The van der Waals surface area contributed by atoms with Crippen LogP contribution in [0, 0.1) is 0 Å². The van der Waals surface area contributed by atoms with Crippen LogP contribution in [0.3, 0.4) is 0 Å². The van der Waals surface area contributed by atoms with Crippen LogP contribution >= 0.6 is 11.6 Å². The van der Waals surface area contributed by atoms with Gasteiger partial charge in [-0.1, -0.05) is 23.7 Å². The number of hydrogen-bond donors (Lipinski definition) is 1. The Morgan fingerprint density at radius 1 is 1.03 bits per heavy atom. The third-order valence-electron chi connectivity index (χ3n) is 4.48. The molecule has 0 unspecified atom stereocenters. The number of ether oxygens (including phenoxy) is 2. The molecule has 4 rings (SSSR count). The summed E-state index contributed by atoms with van der Waals surface area (Å²) >= 11 is 6.49. The molecule has 0 aliphatic carbocycles. The van der Waals surface area contributed by atoms with E-state index in [0.29, 0.717) is 37.2 Å². The molecular weight excluding hydrogens is 388 g/mol. The van der Waals surface area contributed by atoms with Gasteiger partial charge in [-0.15, -0.1) is 0 Å². The Kier molecular flexibility index (Phi) is 5.93. The van der Waals surface area contributed by atoms with Crippen molar-refractivity contribution < 1.29 is 9.47 Å². The molecule has 148 valence electrons. The number of anilines is 2. The molecule has 0 spiro atoms. The van der Waals surface area contributed by atoms with Gasteiger partial charge >= 0.3 is 0 Å². The molecule has 29 heavy (non-hydrogen) atoms. The highest BCUT2D eigenvalue weighted by Crippen LogP contribution is 2.38. The predicted octanol–water partition coefficient (Wildman–Crippen LogP) is 4.18. The van der Waals surface area contributed by atoms with Crippen molar-refractivity contribution in [3.63, 3.8) is 0 Å². The van der Waals surface area contributed by atoms with Gasteiger partial charge in [0.1, 0.15) is 31.4 Å². The van der Waals surface area contributed by atoms with E-state index in [1.807, 2.05) is 60.8 Å².